The van der Waals surface area contributed by atoms with Crippen molar-refractivity contribution in [2.45, 2.75) is 26.3 Å². The molecule has 1 aromatic carbocycles. The molecule has 0 saturated heterocycles. The molecule has 2 aromatic heterocycles. The predicted octanol–water partition coefficient (Wildman–Crippen LogP) is 5.45. The van der Waals surface area contributed by atoms with E-state index < -0.39 is 16.1 Å². The van der Waals surface area contributed by atoms with E-state index in [1.807, 2.05) is 30.0 Å². The minimum Gasteiger partial charge on any atom is -0.477 e. The highest BCUT2D eigenvalue weighted by molar-refractivity contribution is 7.85. The molecule has 35 heavy (non-hydrogen) atoms. The van der Waals surface area contributed by atoms with Crippen molar-refractivity contribution in [1.82, 2.24) is 0 Å². The number of hydrogen-bond donors (Lipinski definition) is 2. The van der Waals surface area contributed by atoms with Crippen molar-refractivity contribution in [2.24, 2.45) is 0 Å². The van der Waals surface area contributed by atoms with Gasteiger partial charge in [0.1, 0.15) is 9.04 Å². The van der Waals surface area contributed by atoms with Gasteiger partial charge in [-0.05, 0) is 42.7 Å². The Morgan fingerprint density at radius 3 is 2.71 bits per heavy atom. The summed E-state index contributed by atoms with van der Waals surface area (Å²) in [6, 6.07) is 7.00. The van der Waals surface area contributed by atoms with Gasteiger partial charge in [0.2, 0.25) is 12.4 Å². The van der Waals surface area contributed by atoms with Crippen molar-refractivity contribution >= 4 is 83.3 Å². The molecule has 3 aromatic rings. The van der Waals surface area contributed by atoms with Crippen molar-refractivity contribution in [2.75, 3.05) is 17.2 Å². The van der Waals surface area contributed by atoms with E-state index in [0.717, 1.165) is 20.1 Å². The summed E-state index contributed by atoms with van der Waals surface area (Å²) in [5, 5.41) is 10.7. The first kappa shape index (κ1) is 25.9. The highest BCUT2D eigenvalue weighted by atomic mass is 35.5. The molecule has 0 aliphatic carbocycles. The molecule has 0 unspecified atom stereocenters. The van der Waals surface area contributed by atoms with Crippen molar-refractivity contribution in [1.29, 1.82) is 0 Å². The first-order valence-corrected chi connectivity index (χ1v) is 14.5. The van der Waals surface area contributed by atoms with Crippen LogP contribution in [0.2, 0.25) is 9.36 Å². The lowest BCUT2D eigenvalue weighted by atomic mass is 10.2. The summed E-state index contributed by atoms with van der Waals surface area (Å²) in [4.78, 5) is 14.1. The maximum absolute atomic E-state index is 11.5. The fourth-order valence-corrected chi connectivity index (χ4v) is 6.94. The number of thiophene rings is 1. The molecule has 186 valence electrons. The van der Waals surface area contributed by atoms with Crippen LogP contribution in [-0.4, -0.2) is 36.3 Å². The average molecular weight is 577 g/mol. The Morgan fingerprint density at radius 1 is 1.26 bits per heavy atom. The van der Waals surface area contributed by atoms with Gasteiger partial charge in [-0.3, -0.25) is 4.55 Å². The standard InChI is InChI=1S/C22H20Cl2N2O6S3/c1-2-13(9-20-26(12-21(27)28)22-17(33-20)11-18(24)34-22)8-19-25(6-3-7-35(29,30)31)15-10-14(23)4-5-16(15)32-19/h4-5,8-11H,2-3,6-7,12H2,1H3,(H-,27,28,29,30,31)/p+1. The number of ether oxygens (including phenoxy) is 1. The lowest BCUT2D eigenvalue weighted by Gasteiger charge is -2.18. The summed E-state index contributed by atoms with van der Waals surface area (Å²) >= 11 is 15.1. The van der Waals surface area contributed by atoms with Gasteiger partial charge in [-0.2, -0.15) is 13.0 Å². The zero-order valence-corrected chi connectivity index (χ0v) is 22.4. The number of thiazole rings is 1. The van der Waals surface area contributed by atoms with Crippen LogP contribution in [0, 0.1) is 0 Å². The number of benzene rings is 1. The van der Waals surface area contributed by atoms with Crippen LogP contribution >= 0.6 is 45.9 Å². The number of carboxylic acids is 1. The molecule has 1 aliphatic rings. The summed E-state index contributed by atoms with van der Waals surface area (Å²) < 4.78 is 40.8. The van der Waals surface area contributed by atoms with Crippen LogP contribution in [0.1, 0.15) is 24.8 Å². The number of allylic oxidation sites excluding steroid dienone is 2. The second-order valence-electron chi connectivity index (χ2n) is 7.70. The molecule has 0 spiro atoms. The molecule has 0 fully saturated rings. The number of carbonyl (C=O) groups is 1. The van der Waals surface area contributed by atoms with Gasteiger partial charge in [-0.15, -0.1) is 0 Å². The van der Waals surface area contributed by atoms with E-state index in [1.165, 1.54) is 22.7 Å². The summed E-state index contributed by atoms with van der Waals surface area (Å²) in [5.74, 6) is -0.277. The van der Waals surface area contributed by atoms with E-state index in [1.54, 1.807) is 22.8 Å². The fraction of sp³-hybridized carbons (Fsp3) is 0.273. The van der Waals surface area contributed by atoms with Gasteiger partial charge >= 0.3 is 5.97 Å². The Kier molecular flexibility index (Phi) is 7.74. The molecule has 0 radical (unpaired) electrons. The molecule has 0 amide bonds. The maximum atomic E-state index is 11.5. The summed E-state index contributed by atoms with van der Waals surface area (Å²) in [7, 11) is -4.09. The summed E-state index contributed by atoms with van der Waals surface area (Å²) in [6.07, 6.45) is 4.56. The number of fused-ring (bicyclic) bond motifs is 2. The van der Waals surface area contributed by atoms with Crippen LogP contribution in [0.3, 0.4) is 0 Å². The number of nitrogens with zero attached hydrogens (tertiary/aromatic N) is 2. The van der Waals surface area contributed by atoms with Crippen molar-refractivity contribution < 1.29 is 32.2 Å². The molecule has 2 N–H and O–H groups in total. The zero-order valence-electron chi connectivity index (χ0n) is 18.4. The zero-order chi connectivity index (χ0) is 25.3. The van der Waals surface area contributed by atoms with Crippen molar-refractivity contribution in [3.05, 3.63) is 56.2 Å². The van der Waals surface area contributed by atoms with Crippen LogP contribution in [0.25, 0.3) is 15.6 Å². The predicted molar refractivity (Wildman–Crippen MR) is 139 cm³/mol. The van der Waals surface area contributed by atoms with Gasteiger partial charge < -0.3 is 14.7 Å². The lowest BCUT2D eigenvalue weighted by molar-refractivity contribution is -0.655. The second kappa shape index (κ2) is 10.5. The molecule has 8 nitrogen and oxygen atoms in total. The maximum Gasteiger partial charge on any atom is 0.370 e. The quantitative estimate of drug-likeness (QED) is 0.258. The van der Waals surface area contributed by atoms with Crippen molar-refractivity contribution in [3.63, 3.8) is 0 Å². The molecular weight excluding hydrogens is 555 g/mol. The third-order valence-corrected chi connectivity index (χ3v) is 8.71. The summed E-state index contributed by atoms with van der Waals surface area (Å²) in [5.41, 5.74) is 1.57. The first-order chi connectivity index (χ1) is 16.5. The normalized spacial score (nSPS) is 15.1. The highest BCUT2D eigenvalue weighted by Gasteiger charge is 2.28. The number of aliphatic carboxylic acids is 1. The van der Waals surface area contributed by atoms with Crippen molar-refractivity contribution in [3.8, 4) is 5.75 Å². The Balaban J connectivity index is 1.71. The summed E-state index contributed by atoms with van der Waals surface area (Å²) in [6.45, 7) is 2.06. The van der Waals surface area contributed by atoms with Gasteiger partial charge in [0.15, 0.2) is 5.75 Å². The number of hydrogen-bond acceptors (Lipinski definition) is 7. The van der Waals surface area contributed by atoms with Crippen LogP contribution in [-0.2, 0) is 21.5 Å². The number of anilines is 1. The number of carboxylic acid groups (broad SMARTS) is 1. The number of aromatic nitrogens is 1. The van der Waals surface area contributed by atoms with Gasteiger partial charge in [0.05, 0.1) is 11.4 Å². The molecule has 0 atom stereocenters. The van der Waals surface area contributed by atoms with E-state index in [9.17, 15) is 18.3 Å². The molecular formula is C22H21Cl2N2O6S3+. The van der Waals surface area contributed by atoms with E-state index in [-0.39, 0.29) is 25.3 Å². The third-order valence-electron chi connectivity index (χ3n) is 5.17. The topological polar surface area (TPSA) is 108 Å². The largest absolute Gasteiger partial charge is 0.477 e. The van der Waals surface area contributed by atoms with Gasteiger partial charge in [0.25, 0.3) is 20.0 Å². The molecule has 0 bridgehead atoms. The van der Waals surface area contributed by atoms with Gasteiger partial charge in [0, 0.05) is 23.7 Å². The smallest absolute Gasteiger partial charge is 0.370 e. The molecule has 1 aliphatic heterocycles. The second-order valence-corrected chi connectivity index (χ2v) is 12.4. The third kappa shape index (κ3) is 6.16. The highest BCUT2D eigenvalue weighted by Crippen LogP contribution is 2.41. The Bertz CT molecular complexity index is 1460. The van der Waals surface area contributed by atoms with E-state index in [2.05, 4.69) is 0 Å². The number of rotatable bonds is 9. The average Bonchev–Trinajstić information content (AvgIpc) is 3.38. The Labute approximate surface area is 220 Å². The molecule has 0 saturated carbocycles. The minimum absolute atomic E-state index is 0.178. The van der Waals surface area contributed by atoms with E-state index >= 15 is 0 Å². The van der Waals surface area contributed by atoms with Gasteiger partial charge in [-0.1, -0.05) is 52.8 Å². The Hall–Kier alpha value is -2.15. The first-order valence-electron chi connectivity index (χ1n) is 10.5. The number of halogens is 2. The van der Waals surface area contributed by atoms with Crippen LogP contribution in [0.5, 0.6) is 5.75 Å². The van der Waals surface area contributed by atoms with E-state index in [4.69, 9.17) is 32.5 Å². The monoisotopic (exact) mass is 575 g/mol. The molecule has 4 rings (SSSR count). The van der Waals surface area contributed by atoms with Crippen LogP contribution in [0.4, 0.5) is 5.69 Å². The SMILES string of the molecule is CCC(=C/c1sc2cc(Cl)sc2[n+]1CC(=O)O)/C=C1/Oc2ccc(Cl)cc2N1CCCS(=O)(=O)O. The minimum atomic E-state index is -4.09. The molecule has 3 heterocycles. The van der Waals surface area contributed by atoms with Crippen LogP contribution in [0.15, 0.2) is 41.8 Å². The lowest BCUT2D eigenvalue weighted by Crippen LogP contribution is -2.38. The Morgan fingerprint density at radius 2 is 2.03 bits per heavy atom. The molecule has 13 heteroatoms. The van der Waals surface area contributed by atoms with Gasteiger partial charge in [-0.25, -0.2) is 4.79 Å². The fourth-order valence-electron chi connectivity index (χ4n) is 3.64. The van der Waals surface area contributed by atoms with E-state index in [0.29, 0.717) is 33.1 Å². The van der Waals surface area contributed by atoms with Crippen LogP contribution < -0.4 is 14.2 Å².